The molecule has 1 fully saturated rings. The van der Waals surface area contributed by atoms with Crippen molar-refractivity contribution in [2.24, 2.45) is 10.4 Å². The second kappa shape index (κ2) is 12.1. The first-order valence-electron chi connectivity index (χ1n) is 11.0. The maximum atomic E-state index is 5.57. The maximum absolute atomic E-state index is 5.57. The van der Waals surface area contributed by atoms with E-state index in [2.05, 4.69) is 67.4 Å². The second-order valence-electron chi connectivity index (χ2n) is 8.92. The van der Waals surface area contributed by atoms with E-state index in [1.165, 1.54) is 5.56 Å². The summed E-state index contributed by atoms with van der Waals surface area (Å²) in [6, 6.07) is 8.63. The number of nitrogens with one attached hydrogen (secondary N) is 2. The lowest BCUT2D eigenvalue weighted by Gasteiger charge is -2.35. The summed E-state index contributed by atoms with van der Waals surface area (Å²) >= 11 is 0. The molecule has 7 heteroatoms. The van der Waals surface area contributed by atoms with Crippen molar-refractivity contribution in [2.75, 3.05) is 73.7 Å². The van der Waals surface area contributed by atoms with E-state index in [-0.39, 0.29) is 11.5 Å². The van der Waals surface area contributed by atoms with Gasteiger partial charge in [-0.15, -0.1) is 0 Å². The number of aliphatic imine (C=N–C) groups is 1. The number of rotatable bonds is 10. The molecule has 2 rings (SSSR count). The molecular weight excluding hydrogens is 378 g/mol. The molecule has 0 radical (unpaired) electrons. The minimum Gasteiger partial charge on any atom is -0.497 e. The summed E-state index contributed by atoms with van der Waals surface area (Å²) in [7, 11) is 5.92. The van der Waals surface area contributed by atoms with E-state index in [0.29, 0.717) is 0 Å². The lowest BCUT2D eigenvalue weighted by molar-refractivity contribution is 0.0170. The molecule has 1 aromatic rings. The minimum atomic E-state index is 0.117. The van der Waals surface area contributed by atoms with Gasteiger partial charge in [0, 0.05) is 39.3 Å². The third-order valence-electron chi connectivity index (χ3n) is 5.20. The lowest BCUT2D eigenvalue weighted by Crippen LogP contribution is -2.46. The zero-order valence-corrected chi connectivity index (χ0v) is 19.7. The highest BCUT2D eigenvalue weighted by Gasteiger charge is 2.23. The Labute approximate surface area is 182 Å². The van der Waals surface area contributed by atoms with Crippen molar-refractivity contribution in [3.05, 3.63) is 29.8 Å². The largest absolute Gasteiger partial charge is 0.497 e. The summed E-state index contributed by atoms with van der Waals surface area (Å²) in [6.45, 7) is 13.4. The summed E-state index contributed by atoms with van der Waals surface area (Å²) in [4.78, 5) is 9.58. The van der Waals surface area contributed by atoms with Gasteiger partial charge in [-0.2, -0.15) is 0 Å². The topological polar surface area (TPSA) is 61.4 Å². The van der Waals surface area contributed by atoms with E-state index in [0.717, 1.165) is 64.2 Å². The quantitative estimate of drug-likeness (QED) is 0.448. The van der Waals surface area contributed by atoms with Crippen molar-refractivity contribution in [1.29, 1.82) is 0 Å². The van der Waals surface area contributed by atoms with Crippen molar-refractivity contribution >= 4 is 5.96 Å². The molecule has 0 aromatic heterocycles. The van der Waals surface area contributed by atoms with Gasteiger partial charge in [0.2, 0.25) is 0 Å². The molecule has 0 amide bonds. The van der Waals surface area contributed by atoms with Crippen molar-refractivity contribution in [1.82, 2.24) is 20.4 Å². The van der Waals surface area contributed by atoms with Crippen LogP contribution in [0.4, 0.5) is 0 Å². The van der Waals surface area contributed by atoms with E-state index >= 15 is 0 Å². The van der Waals surface area contributed by atoms with Crippen LogP contribution in [0.5, 0.6) is 5.75 Å². The van der Waals surface area contributed by atoms with Crippen molar-refractivity contribution < 1.29 is 9.47 Å². The smallest absolute Gasteiger partial charge is 0.191 e. The summed E-state index contributed by atoms with van der Waals surface area (Å²) in [5.74, 6) is 1.75. The van der Waals surface area contributed by atoms with E-state index in [9.17, 15) is 0 Å². The first-order chi connectivity index (χ1) is 14.3. The van der Waals surface area contributed by atoms with Gasteiger partial charge in [0.1, 0.15) is 5.75 Å². The molecule has 1 unspecified atom stereocenters. The van der Waals surface area contributed by atoms with Gasteiger partial charge < -0.3 is 25.0 Å². The molecule has 1 atom stereocenters. The van der Waals surface area contributed by atoms with Crippen LogP contribution in [0.2, 0.25) is 0 Å². The van der Waals surface area contributed by atoms with Crippen LogP contribution in [-0.4, -0.2) is 89.4 Å². The van der Waals surface area contributed by atoms with Crippen LogP contribution in [-0.2, 0) is 4.74 Å². The van der Waals surface area contributed by atoms with Crippen molar-refractivity contribution in [3.63, 3.8) is 0 Å². The first kappa shape index (κ1) is 24.4. The maximum Gasteiger partial charge on any atom is 0.191 e. The lowest BCUT2D eigenvalue weighted by atomic mass is 9.93. The fourth-order valence-corrected chi connectivity index (χ4v) is 3.91. The Kier molecular flexibility index (Phi) is 9.88. The van der Waals surface area contributed by atoms with Crippen molar-refractivity contribution in [3.8, 4) is 5.75 Å². The normalized spacial score (nSPS) is 17.1. The van der Waals surface area contributed by atoms with Gasteiger partial charge >= 0.3 is 0 Å². The van der Waals surface area contributed by atoms with Gasteiger partial charge in [-0.05, 0) is 44.1 Å². The van der Waals surface area contributed by atoms with Crippen LogP contribution in [0.25, 0.3) is 0 Å². The molecule has 2 N–H and O–H groups in total. The molecule has 7 nitrogen and oxygen atoms in total. The second-order valence-corrected chi connectivity index (χ2v) is 8.92. The average Bonchev–Trinajstić information content (AvgIpc) is 2.72. The minimum absolute atomic E-state index is 0.117. The predicted molar refractivity (Wildman–Crippen MR) is 124 cm³/mol. The Balaban J connectivity index is 2.10. The van der Waals surface area contributed by atoms with E-state index in [1.807, 2.05) is 12.1 Å². The molecule has 1 aliphatic heterocycles. The summed E-state index contributed by atoms with van der Waals surface area (Å²) < 4.78 is 10.9. The van der Waals surface area contributed by atoms with Gasteiger partial charge in [-0.1, -0.05) is 26.0 Å². The van der Waals surface area contributed by atoms with Gasteiger partial charge in [0.15, 0.2) is 5.96 Å². The predicted octanol–water partition coefficient (Wildman–Crippen LogP) is 2.21. The van der Waals surface area contributed by atoms with E-state index in [1.54, 1.807) is 7.11 Å². The zero-order valence-electron chi connectivity index (χ0n) is 19.7. The molecule has 30 heavy (non-hydrogen) atoms. The molecule has 170 valence electrons. The van der Waals surface area contributed by atoms with Crippen molar-refractivity contribution in [2.45, 2.75) is 26.8 Å². The molecule has 0 spiro atoms. The highest BCUT2D eigenvalue weighted by molar-refractivity contribution is 5.79. The Hall–Kier alpha value is -1.83. The number of hydrogen-bond acceptors (Lipinski definition) is 5. The highest BCUT2D eigenvalue weighted by atomic mass is 16.5. The molecular formula is C23H41N5O2. The monoisotopic (exact) mass is 419 g/mol. The van der Waals surface area contributed by atoms with Crippen LogP contribution in [0.3, 0.4) is 0 Å². The number of nitrogens with zero attached hydrogens (tertiary/aromatic N) is 3. The summed E-state index contributed by atoms with van der Waals surface area (Å²) in [6.07, 6.45) is 0. The van der Waals surface area contributed by atoms with Crippen LogP contribution in [0.15, 0.2) is 29.3 Å². The molecule has 1 aromatic carbocycles. The Bertz CT molecular complexity index is 639. The fourth-order valence-electron chi connectivity index (χ4n) is 3.91. The zero-order chi connectivity index (χ0) is 22.0. The van der Waals surface area contributed by atoms with E-state index < -0.39 is 0 Å². The fraction of sp³-hybridized carbons (Fsp3) is 0.696. The van der Waals surface area contributed by atoms with Crippen LogP contribution >= 0.6 is 0 Å². The standard InChI is InChI=1S/C23H41N5O2/c1-7-24-22(26-17-23(2,3)18-27(4)5)25-16-21(28-12-14-30-15-13-28)19-8-10-20(29-6)11-9-19/h8-11,21H,7,12-18H2,1-6H3,(H2,24,25,26). The highest BCUT2D eigenvalue weighted by Crippen LogP contribution is 2.23. The number of benzene rings is 1. The van der Waals surface area contributed by atoms with E-state index in [4.69, 9.17) is 14.5 Å². The average molecular weight is 420 g/mol. The molecule has 1 aliphatic rings. The van der Waals surface area contributed by atoms with Crippen LogP contribution in [0.1, 0.15) is 32.4 Å². The van der Waals surface area contributed by atoms with Gasteiger partial charge in [-0.3, -0.25) is 9.89 Å². The Morgan fingerprint density at radius 1 is 1.20 bits per heavy atom. The van der Waals surface area contributed by atoms with Gasteiger partial charge in [0.25, 0.3) is 0 Å². The summed E-state index contributed by atoms with van der Waals surface area (Å²) in [5.41, 5.74) is 1.39. The molecule has 0 bridgehead atoms. The van der Waals surface area contributed by atoms with Gasteiger partial charge in [-0.25, -0.2) is 0 Å². The number of ether oxygens (including phenoxy) is 2. The number of hydrogen-bond donors (Lipinski definition) is 2. The molecule has 1 saturated heterocycles. The SMILES string of the molecule is CCNC(=NCC(C)(C)CN(C)C)NCC(c1ccc(OC)cc1)N1CCOCC1. The number of methoxy groups -OCH3 is 1. The third kappa shape index (κ3) is 8.13. The van der Waals surface area contributed by atoms with Crippen LogP contribution in [0, 0.1) is 5.41 Å². The molecule has 0 aliphatic carbocycles. The number of guanidine groups is 1. The first-order valence-corrected chi connectivity index (χ1v) is 11.0. The third-order valence-corrected chi connectivity index (χ3v) is 5.20. The Morgan fingerprint density at radius 2 is 1.87 bits per heavy atom. The van der Waals surface area contributed by atoms with Crippen LogP contribution < -0.4 is 15.4 Å². The van der Waals surface area contributed by atoms with Gasteiger partial charge in [0.05, 0.1) is 26.4 Å². The molecule has 0 saturated carbocycles. The molecule has 1 heterocycles. The summed E-state index contributed by atoms with van der Waals surface area (Å²) in [5, 5.41) is 6.98. The Morgan fingerprint density at radius 3 is 2.43 bits per heavy atom. The number of morpholine rings is 1.